The van der Waals surface area contributed by atoms with Gasteiger partial charge in [-0.3, -0.25) is 19.2 Å². The van der Waals surface area contributed by atoms with Crippen LogP contribution in [0.15, 0.2) is 30.3 Å². The molecule has 1 aromatic carbocycles. The largest absolute Gasteiger partial charge is 0.481 e. The third-order valence-corrected chi connectivity index (χ3v) is 4.91. The Labute approximate surface area is 185 Å². The third kappa shape index (κ3) is 8.72. The number of rotatable bonds is 13. The molecule has 4 atom stereocenters. The fraction of sp³-hybridized carbons (Fsp3) is 0.476. The zero-order chi connectivity index (χ0) is 24.3. The number of carbonyl (C=O) groups is 5. The molecule has 11 heteroatoms. The normalized spacial score (nSPS) is 14.3. The van der Waals surface area contributed by atoms with Gasteiger partial charge >= 0.3 is 11.9 Å². The van der Waals surface area contributed by atoms with Crippen molar-refractivity contribution in [1.82, 2.24) is 16.0 Å². The predicted octanol–water partition coefficient (Wildman–Crippen LogP) is -0.752. The van der Waals surface area contributed by atoms with Gasteiger partial charge in [0.15, 0.2) is 0 Å². The molecule has 0 aliphatic heterocycles. The molecule has 0 aromatic heterocycles. The molecule has 0 heterocycles. The quantitative estimate of drug-likeness (QED) is 0.226. The molecular formula is C21H30N4O7. The van der Waals surface area contributed by atoms with Crippen LogP contribution in [-0.4, -0.2) is 64.5 Å². The lowest BCUT2D eigenvalue weighted by molar-refractivity contribution is -0.143. The number of hydrogen-bond donors (Lipinski definition) is 6. The summed E-state index contributed by atoms with van der Waals surface area (Å²) in [7, 11) is 0. The number of benzene rings is 1. The minimum atomic E-state index is -1.44. The van der Waals surface area contributed by atoms with E-state index in [0.29, 0.717) is 12.0 Å². The van der Waals surface area contributed by atoms with Crippen molar-refractivity contribution < 1.29 is 34.2 Å². The van der Waals surface area contributed by atoms with Crippen molar-refractivity contribution in [2.75, 3.05) is 6.54 Å². The van der Waals surface area contributed by atoms with Crippen molar-refractivity contribution in [2.45, 2.75) is 51.2 Å². The average Bonchev–Trinajstić information content (AvgIpc) is 2.75. The van der Waals surface area contributed by atoms with Crippen LogP contribution in [0.25, 0.3) is 0 Å². The van der Waals surface area contributed by atoms with Crippen LogP contribution in [0.5, 0.6) is 0 Å². The summed E-state index contributed by atoms with van der Waals surface area (Å²) in [5, 5.41) is 25.7. The second-order valence-electron chi connectivity index (χ2n) is 7.38. The summed E-state index contributed by atoms with van der Waals surface area (Å²) >= 11 is 0. The van der Waals surface area contributed by atoms with Crippen molar-refractivity contribution in [2.24, 2.45) is 11.7 Å². The minimum absolute atomic E-state index is 0.0390. The van der Waals surface area contributed by atoms with Gasteiger partial charge in [0, 0.05) is 6.42 Å². The molecule has 0 aliphatic carbocycles. The Morgan fingerprint density at radius 2 is 1.56 bits per heavy atom. The fourth-order valence-corrected chi connectivity index (χ4v) is 2.90. The van der Waals surface area contributed by atoms with Crippen molar-refractivity contribution in [3.05, 3.63) is 35.9 Å². The topological polar surface area (TPSA) is 188 Å². The zero-order valence-corrected chi connectivity index (χ0v) is 18.0. The molecule has 11 nitrogen and oxygen atoms in total. The van der Waals surface area contributed by atoms with Gasteiger partial charge in [-0.15, -0.1) is 0 Å². The standard InChI is InChI=1S/C21H30N4O7/c1-3-12(2)18(25-19(29)14(10-17(27)28)23-16(26)11-22)20(30)24-15(21(31)32)9-13-7-5-4-6-8-13/h4-8,12,14-15,18H,3,9-11,22H2,1-2H3,(H,23,26)(H,24,30)(H,25,29)(H,27,28)(H,31,32). The third-order valence-electron chi connectivity index (χ3n) is 4.91. The summed E-state index contributed by atoms with van der Waals surface area (Å²) in [6.07, 6.45) is -0.205. The number of nitrogens with two attached hydrogens (primary N) is 1. The molecule has 0 bridgehead atoms. The molecule has 0 saturated carbocycles. The number of carboxylic acid groups (broad SMARTS) is 2. The van der Waals surface area contributed by atoms with E-state index in [4.69, 9.17) is 10.8 Å². The predicted molar refractivity (Wildman–Crippen MR) is 114 cm³/mol. The molecule has 32 heavy (non-hydrogen) atoms. The summed E-state index contributed by atoms with van der Waals surface area (Å²) < 4.78 is 0. The highest BCUT2D eigenvalue weighted by Crippen LogP contribution is 2.11. The summed E-state index contributed by atoms with van der Waals surface area (Å²) in [5.41, 5.74) is 5.91. The lowest BCUT2D eigenvalue weighted by Crippen LogP contribution is -2.58. The van der Waals surface area contributed by atoms with Crippen LogP contribution in [0.1, 0.15) is 32.3 Å². The smallest absolute Gasteiger partial charge is 0.326 e. The van der Waals surface area contributed by atoms with Gasteiger partial charge in [-0.05, 0) is 11.5 Å². The maximum absolute atomic E-state index is 12.9. The molecule has 0 saturated heterocycles. The lowest BCUT2D eigenvalue weighted by Gasteiger charge is -2.27. The van der Waals surface area contributed by atoms with Crippen LogP contribution in [0.4, 0.5) is 0 Å². The van der Waals surface area contributed by atoms with Crippen molar-refractivity contribution in [3.63, 3.8) is 0 Å². The van der Waals surface area contributed by atoms with Gasteiger partial charge in [0.2, 0.25) is 17.7 Å². The lowest BCUT2D eigenvalue weighted by atomic mass is 9.96. The molecule has 0 radical (unpaired) electrons. The van der Waals surface area contributed by atoms with Gasteiger partial charge in [0.05, 0.1) is 13.0 Å². The summed E-state index contributed by atoms with van der Waals surface area (Å²) in [4.78, 5) is 59.9. The van der Waals surface area contributed by atoms with E-state index in [1.165, 1.54) is 0 Å². The number of carbonyl (C=O) groups excluding carboxylic acids is 3. The van der Waals surface area contributed by atoms with Gasteiger partial charge in [0.25, 0.3) is 0 Å². The van der Waals surface area contributed by atoms with E-state index in [-0.39, 0.29) is 6.42 Å². The SMILES string of the molecule is CCC(C)C(NC(=O)C(CC(=O)O)NC(=O)CN)C(=O)NC(Cc1ccccc1)C(=O)O. The second-order valence-corrected chi connectivity index (χ2v) is 7.38. The summed E-state index contributed by atoms with van der Waals surface area (Å²) in [6.45, 7) is 3.02. The van der Waals surface area contributed by atoms with E-state index in [1.54, 1.807) is 44.2 Å². The Bertz CT molecular complexity index is 816. The highest BCUT2D eigenvalue weighted by Gasteiger charge is 2.32. The van der Waals surface area contributed by atoms with Crippen LogP contribution in [0, 0.1) is 5.92 Å². The maximum atomic E-state index is 12.9. The Kier molecular flexibility index (Phi) is 10.8. The molecule has 1 rings (SSSR count). The number of aliphatic carboxylic acids is 2. The molecule has 7 N–H and O–H groups in total. The van der Waals surface area contributed by atoms with Gasteiger partial charge in [-0.2, -0.15) is 0 Å². The maximum Gasteiger partial charge on any atom is 0.326 e. The molecule has 1 aromatic rings. The first-order chi connectivity index (χ1) is 15.1. The average molecular weight is 450 g/mol. The summed E-state index contributed by atoms with van der Waals surface area (Å²) in [6, 6.07) is 4.91. The first-order valence-corrected chi connectivity index (χ1v) is 10.2. The molecule has 0 fully saturated rings. The highest BCUT2D eigenvalue weighted by atomic mass is 16.4. The molecule has 3 amide bonds. The first kappa shape index (κ1) is 26.6. The van der Waals surface area contributed by atoms with Crippen LogP contribution < -0.4 is 21.7 Å². The first-order valence-electron chi connectivity index (χ1n) is 10.2. The molecule has 176 valence electrons. The summed E-state index contributed by atoms with van der Waals surface area (Å²) in [5.74, 6) is -5.32. The van der Waals surface area contributed by atoms with Crippen LogP contribution in [0.3, 0.4) is 0 Å². The Morgan fingerprint density at radius 3 is 2.06 bits per heavy atom. The monoisotopic (exact) mass is 450 g/mol. The van der Waals surface area contributed by atoms with Crippen LogP contribution >= 0.6 is 0 Å². The number of amides is 3. The van der Waals surface area contributed by atoms with E-state index in [0.717, 1.165) is 0 Å². The van der Waals surface area contributed by atoms with Gasteiger partial charge in [-0.1, -0.05) is 50.6 Å². The van der Waals surface area contributed by atoms with E-state index in [1.807, 2.05) is 0 Å². The van der Waals surface area contributed by atoms with Crippen molar-refractivity contribution in [3.8, 4) is 0 Å². The molecule has 4 unspecified atom stereocenters. The second kappa shape index (κ2) is 13.1. The van der Waals surface area contributed by atoms with Crippen molar-refractivity contribution in [1.29, 1.82) is 0 Å². The van der Waals surface area contributed by atoms with Crippen LogP contribution in [0.2, 0.25) is 0 Å². The van der Waals surface area contributed by atoms with Gasteiger partial charge in [-0.25, -0.2) is 4.79 Å². The molecule has 0 aliphatic rings. The minimum Gasteiger partial charge on any atom is -0.481 e. The Balaban J connectivity index is 3.00. The zero-order valence-electron chi connectivity index (χ0n) is 18.0. The van der Waals surface area contributed by atoms with Gasteiger partial charge in [0.1, 0.15) is 18.1 Å². The Morgan fingerprint density at radius 1 is 0.938 bits per heavy atom. The van der Waals surface area contributed by atoms with Gasteiger partial charge < -0.3 is 31.9 Å². The molecular weight excluding hydrogens is 420 g/mol. The van der Waals surface area contributed by atoms with E-state index >= 15 is 0 Å². The van der Waals surface area contributed by atoms with E-state index in [2.05, 4.69) is 16.0 Å². The van der Waals surface area contributed by atoms with E-state index < -0.39 is 66.7 Å². The molecule has 0 spiro atoms. The Hall–Kier alpha value is -3.47. The number of carboxylic acids is 2. The van der Waals surface area contributed by atoms with Crippen LogP contribution in [-0.2, 0) is 30.4 Å². The highest BCUT2D eigenvalue weighted by molar-refractivity contribution is 5.95. The van der Waals surface area contributed by atoms with Crippen molar-refractivity contribution >= 4 is 29.7 Å². The number of nitrogens with one attached hydrogen (secondary N) is 3. The fourth-order valence-electron chi connectivity index (χ4n) is 2.90. The number of hydrogen-bond acceptors (Lipinski definition) is 6. The van der Waals surface area contributed by atoms with E-state index in [9.17, 15) is 29.1 Å².